The number of hydrogen-bond donors (Lipinski definition) is 2. The standard InChI is InChI=1S/C18H22N4O3/c23-11-14-2-1-5-22(14)18-9-17(20-12-21-18)19-10-13-3-4-15-16(8-13)25-7-6-24-15/h3-4,8-9,12,14,23H,1-2,5-7,10-11H2,(H,19,20,21)/t14-/m1/s1. The SMILES string of the molecule is OC[C@H]1CCCN1c1cc(NCc2ccc3c(c2)OCCO3)ncn1. The number of anilines is 2. The molecule has 1 aromatic carbocycles. The molecule has 132 valence electrons. The van der Waals surface area contributed by atoms with E-state index in [0.29, 0.717) is 19.8 Å². The molecule has 0 spiro atoms. The zero-order valence-electron chi connectivity index (χ0n) is 14.0. The van der Waals surface area contributed by atoms with E-state index < -0.39 is 0 Å². The van der Waals surface area contributed by atoms with Crippen molar-refractivity contribution in [2.24, 2.45) is 0 Å². The summed E-state index contributed by atoms with van der Waals surface area (Å²) >= 11 is 0. The first-order chi connectivity index (χ1) is 12.3. The predicted molar refractivity (Wildman–Crippen MR) is 94.2 cm³/mol. The van der Waals surface area contributed by atoms with Crippen molar-refractivity contribution in [2.45, 2.75) is 25.4 Å². The van der Waals surface area contributed by atoms with Gasteiger partial charge in [-0.2, -0.15) is 0 Å². The summed E-state index contributed by atoms with van der Waals surface area (Å²) in [5.74, 6) is 3.21. The second-order valence-corrected chi connectivity index (χ2v) is 6.27. The molecule has 0 aliphatic carbocycles. The van der Waals surface area contributed by atoms with Gasteiger partial charge in [-0.3, -0.25) is 0 Å². The molecule has 1 atom stereocenters. The van der Waals surface area contributed by atoms with Gasteiger partial charge >= 0.3 is 0 Å². The molecule has 2 aliphatic heterocycles. The zero-order valence-corrected chi connectivity index (χ0v) is 14.0. The van der Waals surface area contributed by atoms with E-state index in [9.17, 15) is 5.11 Å². The molecule has 0 bridgehead atoms. The average Bonchev–Trinajstić information content (AvgIpc) is 3.15. The normalized spacial score (nSPS) is 19.1. The van der Waals surface area contributed by atoms with Crippen molar-refractivity contribution in [3.8, 4) is 11.5 Å². The highest BCUT2D eigenvalue weighted by atomic mass is 16.6. The van der Waals surface area contributed by atoms with Crippen molar-refractivity contribution >= 4 is 11.6 Å². The highest BCUT2D eigenvalue weighted by Gasteiger charge is 2.25. The van der Waals surface area contributed by atoms with E-state index >= 15 is 0 Å². The third-order valence-corrected chi connectivity index (χ3v) is 4.62. The third-order valence-electron chi connectivity index (χ3n) is 4.62. The monoisotopic (exact) mass is 342 g/mol. The number of rotatable bonds is 5. The van der Waals surface area contributed by atoms with Gasteiger partial charge in [0.2, 0.25) is 0 Å². The van der Waals surface area contributed by atoms with E-state index in [-0.39, 0.29) is 12.6 Å². The lowest BCUT2D eigenvalue weighted by Gasteiger charge is -2.24. The Balaban J connectivity index is 1.44. The number of ether oxygens (including phenoxy) is 2. The van der Waals surface area contributed by atoms with Crippen LogP contribution in [0.4, 0.5) is 11.6 Å². The van der Waals surface area contributed by atoms with Crippen molar-refractivity contribution in [3.05, 3.63) is 36.2 Å². The molecule has 25 heavy (non-hydrogen) atoms. The van der Waals surface area contributed by atoms with Gasteiger partial charge in [-0.25, -0.2) is 9.97 Å². The molecule has 0 radical (unpaired) electrons. The maximum absolute atomic E-state index is 9.49. The summed E-state index contributed by atoms with van der Waals surface area (Å²) in [5.41, 5.74) is 1.10. The Hall–Kier alpha value is -2.54. The number of benzene rings is 1. The van der Waals surface area contributed by atoms with E-state index in [1.54, 1.807) is 6.33 Å². The van der Waals surface area contributed by atoms with Gasteiger partial charge in [0.1, 0.15) is 31.2 Å². The molecular weight excluding hydrogens is 320 g/mol. The minimum absolute atomic E-state index is 0.153. The second-order valence-electron chi connectivity index (χ2n) is 6.27. The largest absolute Gasteiger partial charge is 0.486 e. The molecule has 2 aliphatic rings. The lowest BCUT2D eigenvalue weighted by atomic mass is 10.2. The number of fused-ring (bicyclic) bond motifs is 1. The average molecular weight is 342 g/mol. The Kier molecular flexibility index (Phi) is 4.56. The van der Waals surface area contributed by atoms with Crippen molar-refractivity contribution in [1.29, 1.82) is 0 Å². The summed E-state index contributed by atoms with van der Waals surface area (Å²) < 4.78 is 11.2. The van der Waals surface area contributed by atoms with Gasteiger partial charge in [0.15, 0.2) is 11.5 Å². The van der Waals surface area contributed by atoms with Crippen molar-refractivity contribution in [1.82, 2.24) is 9.97 Å². The number of aliphatic hydroxyl groups is 1. The fraction of sp³-hybridized carbons (Fsp3) is 0.444. The van der Waals surface area contributed by atoms with Crippen LogP contribution in [0.5, 0.6) is 11.5 Å². The van der Waals surface area contributed by atoms with Crippen LogP contribution >= 0.6 is 0 Å². The minimum atomic E-state index is 0.153. The molecule has 0 amide bonds. The summed E-state index contributed by atoms with van der Waals surface area (Å²) in [4.78, 5) is 10.8. The fourth-order valence-electron chi connectivity index (χ4n) is 3.32. The van der Waals surface area contributed by atoms with Crippen molar-refractivity contribution < 1.29 is 14.6 Å². The zero-order chi connectivity index (χ0) is 17.1. The summed E-state index contributed by atoms with van der Waals surface area (Å²) in [6, 6.07) is 8.04. The minimum Gasteiger partial charge on any atom is -0.486 e. The van der Waals surface area contributed by atoms with Crippen LogP contribution in [0.25, 0.3) is 0 Å². The van der Waals surface area contributed by atoms with Crippen LogP contribution in [-0.4, -0.2) is 47.5 Å². The van der Waals surface area contributed by atoms with Gasteiger partial charge in [0, 0.05) is 19.2 Å². The lowest BCUT2D eigenvalue weighted by Crippen LogP contribution is -2.32. The van der Waals surface area contributed by atoms with E-state index in [0.717, 1.165) is 48.1 Å². The van der Waals surface area contributed by atoms with Gasteiger partial charge in [-0.05, 0) is 30.5 Å². The molecule has 1 aromatic heterocycles. The van der Waals surface area contributed by atoms with E-state index in [1.807, 2.05) is 24.3 Å². The maximum atomic E-state index is 9.49. The van der Waals surface area contributed by atoms with Crippen LogP contribution in [0, 0.1) is 0 Å². The van der Waals surface area contributed by atoms with Crippen LogP contribution < -0.4 is 19.7 Å². The molecule has 2 aromatic rings. The topological polar surface area (TPSA) is 79.7 Å². The summed E-state index contributed by atoms with van der Waals surface area (Å²) in [7, 11) is 0. The Bertz CT molecular complexity index is 740. The number of aromatic nitrogens is 2. The maximum Gasteiger partial charge on any atom is 0.161 e. The van der Waals surface area contributed by atoms with Gasteiger partial charge in [0.05, 0.1) is 12.6 Å². The van der Waals surface area contributed by atoms with Crippen LogP contribution in [0.1, 0.15) is 18.4 Å². The van der Waals surface area contributed by atoms with Gasteiger partial charge in [-0.1, -0.05) is 6.07 Å². The molecule has 3 heterocycles. The first kappa shape index (κ1) is 16.0. The molecule has 0 saturated carbocycles. The van der Waals surface area contributed by atoms with E-state index in [2.05, 4.69) is 20.2 Å². The van der Waals surface area contributed by atoms with Crippen molar-refractivity contribution in [3.63, 3.8) is 0 Å². The van der Waals surface area contributed by atoms with Crippen LogP contribution in [0.3, 0.4) is 0 Å². The number of hydrogen-bond acceptors (Lipinski definition) is 7. The predicted octanol–water partition coefficient (Wildman–Crippen LogP) is 1.82. The van der Waals surface area contributed by atoms with Gasteiger partial charge < -0.3 is 24.8 Å². The lowest BCUT2D eigenvalue weighted by molar-refractivity contribution is 0.171. The highest BCUT2D eigenvalue weighted by Crippen LogP contribution is 2.31. The quantitative estimate of drug-likeness (QED) is 0.858. The molecular formula is C18H22N4O3. The molecule has 2 N–H and O–H groups in total. The molecule has 1 fully saturated rings. The van der Waals surface area contributed by atoms with Gasteiger partial charge in [-0.15, -0.1) is 0 Å². The molecule has 7 heteroatoms. The van der Waals surface area contributed by atoms with E-state index in [4.69, 9.17) is 9.47 Å². The summed E-state index contributed by atoms with van der Waals surface area (Å²) in [6.07, 6.45) is 3.64. The smallest absolute Gasteiger partial charge is 0.161 e. The summed E-state index contributed by atoms with van der Waals surface area (Å²) in [6.45, 7) is 2.89. The Labute approximate surface area is 146 Å². The summed E-state index contributed by atoms with van der Waals surface area (Å²) in [5, 5.41) is 12.8. The first-order valence-corrected chi connectivity index (χ1v) is 8.65. The molecule has 0 unspecified atom stereocenters. The van der Waals surface area contributed by atoms with Crippen molar-refractivity contribution in [2.75, 3.05) is 36.6 Å². The number of nitrogens with zero attached hydrogens (tertiary/aromatic N) is 3. The van der Waals surface area contributed by atoms with E-state index in [1.165, 1.54) is 0 Å². The molecule has 1 saturated heterocycles. The number of aliphatic hydroxyl groups excluding tert-OH is 1. The van der Waals surface area contributed by atoms with Crippen LogP contribution in [-0.2, 0) is 6.54 Å². The van der Waals surface area contributed by atoms with Crippen LogP contribution in [0.15, 0.2) is 30.6 Å². The fourth-order valence-corrected chi connectivity index (χ4v) is 3.32. The third kappa shape index (κ3) is 3.46. The Morgan fingerprint density at radius 1 is 1.16 bits per heavy atom. The first-order valence-electron chi connectivity index (χ1n) is 8.65. The van der Waals surface area contributed by atoms with Gasteiger partial charge in [0.25, 0.3) is 0 Å². The molecule has 4 rings (SSSR count). The Morgan fingerprint density at radius 3 is 2.92 bits per heavy atom. The van der Waals surface area contributed by atoms with Crippen LogP contribution in [0.2, 0.25) is 0 Å². The number of nitrogens with one attached hydrogen (secondary N) is 1. The Morgan fingerprint density at radius 2 is 2.04 bits per heavy atom. The molecule has 7 nitrogen and oxygen atoms in total. The highest BCUT2D eigenvalue weighted by molar-refractivity contribution is 5.51. The second kappa shape index (κ2) is 7.14.